The first kappa shape index (κ1) is 43.9. The summed E-state index contributed by atoms with van der Waals surface area (Å²) >= 11 is 0. The van der Waals surface area contributed by atoms with Crippen LogP contribution in [0.25, 0.3) is 0 Å². The molecule has 2 aliphatic heterocycles. The fourth-order valence-corrected chi connectivity index (χ4v) is 9.56. The molecule has 2 saturated heterocycles. The van der Waals surface area contributed by atoms with E-state index in [0.717, 1.165) is 19.3 Å². The number of rotatable bonds is 19. The van der Waals surface area contributed by atoms with Gasteiger partial charge in [0.15, 0.2) is 0 Å². The van der Waals surface area contributed by atoms with Crippen LogP contribution in [0, 0.1) is 23.7 Å². The Kier molecular flexibility index (Phi) is 15.7. The van der Waals surface area contributed by atoms with E-state index in [1.807, 2.05) is 27.7 Å². The lowest BCUT2D eigenvalue weighted by molar-refractivity contribution is -0.147. The van der Waals surface area contributed by atoms with Crippen molar-refractivity contribution in [1.82, 2.24) is 25.8 Å². The van der Waals surface area contributed by atoms with Gasteiger partial charge in [-0.3, -0.25) is 23.7 Å². The number of likely N-dealkylation sites (N-methyl/N-ethyl adjacent to an activating group) is 1. The minimum Gasteiger partial charge on any atom is -0.379 e. The summed E-state index contributed by atoms with van der Waals surface area (Å²) in [4.78, 5) is 78.9. The van der Waals surface area contributed by atoms with Crippen molar-refractivity contribution in [2.75, 3.05) is 27.8 Å². The van der Waals surface area contributed by atoms with Gasteiger partial charge in [-0.25, -0.2) is 0 Å². The van der Waals surface area contributed by atoms with Crippen molar-refractivity contribution in [1.29, 1.82) is 0 Å². The predicted molar refractivity (Wildman–Crippen MR) is 205 cm³/mol. The Morgan fingerprint density at radius 1 is 1.02 bits per heavy atom. The Morgan fingerprint density at radius 2 is 1.70 bits per heavy atom. The third kappa shape index (κ3) is 10.5. The number of hydrogen-bond donors (Lipinski definition) is 5. The fraction of sp³-hybridized carbons (Fsp3) is 0.744. The highest BCUT2D eigenvalue weighted by molar-refractivity contribution is 7.52. The van der Waals surface area contributed by atoms with Gasteiger partial charge in [0.25, 0.3) is 0 Å². The molecule has 304 valence electrons. The molecule has 5 N–H and O–H groups in total. The Morgan fingerprint density at radius 3 is 2.24 bits per heavy atom. The van der Waals surface area contributed by atoms with Crippen LogP contribution >= 0.6 is 7.60 Å². The van der Waals surface area contributed by atoms with Crippen LogP contribution < -0.4 is 16.0 Å². The lowest BCUT2D eigenvalue weighted by Gasteiger charge is -2.41. The molecule has 1 aromatic rings. The van der Waals surface area contributed by atoms with Gasteiger partial charge in [0.2, 0.25) is 23.6 Å². The van der Waals surface area contributed by atoms with Crippen LogP contribution in [0.3, 0.4) is 0 Å². The number of fused-ring (bicyclic) bond motifs is 2. The molecular formula is C39H64N5O9P. The van der Waals surface area contributed by atoms with E-state index in [-0.39, 0.29) is 54.4 Å². The van der Waals surface area contributed by atoms with E-state index >= 15 is 0 Å². The van der Waals surface area contributed by atoms with Gasteiger partial charge < -0.3 is 45.0 Å². The van der Waals surface area contributed by atoms with Gasteiger partial charge in [0.1, 0.15) is 11.8 Å². The Hall–Kier alpha value is -2.87. The number of nitrogens with one attached hydrogen (secondary N) is 3. The molecule has 11 atom stereocenters. The first-order valence-corrected chi connectivity index (χ1v) is 21.3. The van der Waals surface area contributed by atoms with Crippen LogP contribution in [0.15, 0.2) is 30.3 Å². The number of nitrogens with zero attached hydrogens (tertiary/aromatic N) is 2. The van der Waals surface area contributed by atoms with Crippen molar-refractivity contribution in [3.05, 3.63) is 35.9 Å². The normalized spacial score (nSPS) is 25.1. The van der Waals surface area contributed by atoms with Gasteiger partial charge in [-0.2, -0.15) is 0 Å². The molecule has 54 heavy (non-hydrogen) atoms. The fourth-order valence-electron chi connectivity index (χ4n) is 8.82. The number of carbonyl (C=O) groups excluding carboxylic acids is 4. The maximum atomic E-state index is 14.2. The summed E-state index contributed by atoms with van der Waals surface area (Å²) in [6.07, 6.45) is 3.55. The first-order chi connectivity index (χ1) is 25.5. The zero-order valence-electron chi connectivity index (χ0n) is 33.3. The summed E-state index contributed by atoms with van der Waals surface area (Å²) in [7, 11) is 0.00784. The van der Waals surface area contributed by atoms with Gasteiger partial charge >= 0.3 is 7.60 Å². The molecule has 7 unspecified atom stereocenters. The molecule has 2 bridgehead atoms. The summed E-state index contributed by atoms with van der Waals surface area (Å²) in [5.74, 6) is -3.37. The van der Waals surface area contributed by atoms with E-state index in [2.05, 4.69) is 16.0 Å². The molecule has 0 radical (unpaired) electrons. The predicted octanol–water partition coefficient (Wildman–Crippen LogP) is 3.05. The molecule has 1 aliphatic carbocycles. The van der Waals surface area contributed by atoms with E-state index in [9.17, 15) is 33.5 Å². The molecule has 2 heterocycles. The second-order valence-electron chi connectivity index (χ2n) is 16.0. The monoisotopic (exact) mass is 777 g/mol. The zero-order valence-corrected chi connectivity index (χ0v) is 34.2. The van der Waals surface area contributed by atoms with Crippen LogP contribution in [0.1, 0.15) is 85.1 Å². The van der Waals surface area contributed by atoms with E-state index in [0.29, 0.717) is 37.4 Å². The average molecular weight is 778 g/mol. The molecule has 3 fully saturated rings. The topological polar surface area (TPSA) is 187 Å². The third-order valence-electron chi connectivity index (χ3n) is 12.1. The van der Waals surface area contributed by atoms with Crippen LogP contribution in [0.5, 0.6) is 0 Å². The number of likely N-dealkylation sites (tertiary alicyclic amines) is 1. The minimum absolute atomic E-state index is 0.0260. The van der Waals surface area contributed by atoms with Crippen molar-refractivity contribution < 1.29 is 43.0 Å². The number of carbonyl (C=O) groups is 4. The van der Waals surface area contributed by atoms with E-state index < -0.39 is 55.5 Å². The lowest BCUT2D eigenvalue weighted by Crippen LogP contribution is -2.59. The number of hydrogen-bond acceptors (Lipinski definition) is 8. The van der Waals surface area contributed by atoms with Crippen LogP contribution in [0.4, 0.5) is 0 Å². The molecule has 4 amide bonds. The number of benzene rings is 1. The SMILES string of the molecule is CCC(C)C(C(CC(=O)N1CCC[C@H]1C(OC)C(C)C(=O)NC(Cc1ccccc1)P(=O)(O)O)OC)N(C)C(=O)C(NC(=O)[C@H]1N[C@@H]2CC[C@H]1C2)C(C)C. The van der Waals surface area contributed by atoms with Crippen LogP contribution in [0.2, 0.25) is 0 Å². The quantitative estimate of drug-likeness (QED) is 0.131. The van der Waals surface area contributed by atoms with Gasteiger partial charge in [-0.15, -0.1) is 0 Å². The smallest absolute Gasteiger partial charge is 0.347 e. The molecule has 15 heteroatoms. The second kappa shape index (κ2) is 19.3. The van der Waals surface area contributed by atoms with Crippen molar-refractivity contribution in [2.45, 2.75) is 134 Å². The summed E-state index contributed by atoms with van der Waals surface area (Å²) in [6, 6.07) is 7.17. The number of methoxy groups -OCH3 is 2. The number of amides is 4. The molecule has 1 saturated carbocycles. The lowest BCUT2D eigenvalue weighted by atomic mass is 9.89. The van der Waals surface area contributed by atoms with Crippen LogP contribution in [-0.4, -0.2) is 119 Å². The molecule has 1 aromatic carbocycles. The zero-order chi connectivity index (χ0) is 39.9. The summed E-state index contributed by atoms with van der Waals surface area (Å²) in [5, 5.41) is 9.04. The standard InChI is InChI=1S/C39H64N5O9P/c1-9-24(4)35(43(6)39(48)33(23(2)3)42-38(47)34-27-17-18-28(21-27)40-34)30(52-7)22-32(45)44-19-13-16-29(44)36(53-8)25(5)37(46)41-31(54(49,50)51)20-26-14-11-10-12-15-26/h10-12,14-15,23-25,27-31,33-36,40H,9,13,16-22H2,1-8H3,(H,41,46)(H,42,47)(H2,49,50,51)/t24?,25?,27-,28+,29-,30?,31?,33?,34-,35?,36?/m0/s1. The first-order valence-electron chi connectivity index (χ1n) is 19.6. The van der Waals surface area contributed by atoms with Gasteiger partial charge in [-0.1, -0.05) is 71.4 Å². The highest BCUT2D eigenvalue weighted by Gasteiger charge is 2.46. The molecule has 0 spiro atoms. The Balaban J connectivity index is 1.46. The van der Waals surface area contributed by atoms with Gasteiger partial charge in [0, 0.05) is 40.3 Å². The third-order valence-corrected chi connectivity index (χ3v) is 13.2. The summed E-state index contributed by atoms with van der Waals surface area (Å²) in [5.41, 5.74) is 0.669. The van der Waals surface area contributed by atoms with Gasteiger partial charge in [0.05, 0.1) is 42.7 Å². The van der Waals surface area contributed by atoms with E-state index in [1.165, 1.54) is 14.2 Å². The van der Waals surface area contributed by atoms with E-state index in [4.69, 9.17) is 9.47 Å². The average Bonchev–Trinajstić information content (AvgIpc) is 3.91. The van der Waals surface area contributed by atoms with Crippen molar-refractivity contribution in [3.8, 4) is 0 Å². The van der Waals surface area contributed by atoms with Crippen molar-refractivity contribution in [3.63, 3.8) is 0 Å². The van der Waals surface area contributed by atoms with Crippen LogP contribution in [-0.2, 0) is 39.6 Å². The van der Waals surface area contributed by atoms with Crippen molar-refractivity contribution >= 4 is 31.2 Å². The molecule has 0 aromatic heterocycles. The molecule has 14 nitrogen and oxygen atoms in total. The molecule has 3 aliphatic rings. The van der Waals surface area contributed by atoms with E-state index in [1.54, 1.807) is 54.1 Å². The highest BCUT2D eigenvalue weighted by atomic mass is 31.2. The minimum atomic E-state index is -4.71. The number of piperidine rings is 1. The second-order valence-corrected chi connectivity index (χ2v) is 17.8. The molecular weight excluding hydrogens is 713 g/mol. The van der Waals surface area contributed by atoms with Gasteiger partial charge in [-0.05, 0) is 55.4 Å². The maximum Gasteiger partial charge on any atom is 0.347 e. The summed E-state index contributed by atoms with van der Waals surface area (Å²) < 4.78 is 24.3. The Bertz CT molecular complexity index is 1480. The Labute approximate surface area is 321 Å². The highest BCUT2D eigenvalue weighted by Crippen LogP contribution is 2.42. The van der Waals surface area contributed by atoms with Crippen molar-refractivity contribution in [2.24, 2.45) is 23.7 Å². The maximum absolute atomic E-state index is 14.2. The number of ether oxygens (including phenoxy) is 2. The largest absolute Gasteiger partial charge is 0.379 e. The molecule has 4 rings (SSSR count). The summed E-state index contributed by atoms with van der Waals surface area (Å²) in [6.45, 7) is 9.95.